The number of pyridine rings is 1. The largest absolute Gasteiger partial charge is 0.465 e. The molecule has 4 N–H and O–H groups in total. The summed E-state index contributed by atoms with van der Waals surface area (Å²) in [6, 6.07) is 12.2. The van der Waals surface area contributed by atoms with Gasteiger partial charge in [0, 0.05) is 48.2 Å². The summed E-state index contributed by atoms with van der Waals surface area (Å²) in [7, 11) is 0. The van der Waals surface area contributed by atoms with Crippen LogP contribution in [0, 0.1) is 0 Å². The number of hydrogen-bond donors (Lipinski definition) is 3. The van der Waals surface area contributed by atoms with Gasteiger partial charge in [-0.2, -0.15) is 0 Å². The van der Waals surface area contributed by atoms with Gasteiger partial charge in [-0.05, 0) is 43.5 Å². The van der Waals surface area contributed by atoms with E-state index in [0.717, 1.165) is 24.2 Å². The highest BCUT2D eigenvalue weighted by Crippen LogP contribution is 2.37. The van der Waals surface area contributed by atoms with Crippen LogP contribution in [0.4, 0.5) is 16.4 Å². The number of nitrogen functional groups attached to an aromatic ring is 1. The molecule has 0 saturated carbocycles. The number of anilines is 2. The number of amides is 2. The maximum atomic E-state index is 12.6. The van der Waals surface area contributed by atoms with Gasteiger partial charge < -0.3 is 21.1 Å². The van der Waals surface area contributed by atoms with Crippen molar-refractivity contribution in [2.45, 2.75) is 38.1 Å². The summed E-state index contributed by atoms with van der Waals surface area (Å²) in [5.41, 5.74) is 8.88. The third-order valence-corrected chi connectivity index (χ3v) is 6.71. The maximum Gasteiger partial charge on any atom is 0.407 e. The Labute approximate surface area is 207 Å². The van der Waals surface area contributed by atoms with Crippen LogP contribution < -0.4 is 11.1 Å². The quantitative estimate of drug-likeness (QED) is 0.384. The van der Waals surface area contributed by atoms with E-state index in [1.807, 2.05) is 29.7 Å². The fraction of sp³-hybridized carbons (Fsp3) is 0.269. The van der Waals surface area contributed by atoms with Crippen LogP contribution in [0.3, 0.4) is 0 Å². The van der Waals surface area contributed by atoms with Crippen LogP contribution in [0.2, 0.25) is 0 Å². The van der Waals surface area contributed by atoms with Crippen molar-refractivity contribution < 1.29 is 14.7 Å². The molecule has 4 aromatic rings. The first-order valence-electron chi connectivity index (χ1n) is 11.9. The molecule has 5 rings (SSSR count). The van der Waals surface area contributed by atoms with Crippen LogP contribution >= 0.6 is 0 Å². The zero-order chi connectivity index (χ0) is 25.2. The Bertz CT molecular complexity index is 1400. The van der Waals surface area contributed by atoms with Crippen molar-refractivity contribution >= 4 is 29.2 Å². The number of piperidine rings is 1. The van der Waals surface area contributed by atoms with Crippen LogP contribution in [0.1, 0.15) is 48.3 Å². The summed E-state index contributed by atoms with van der Waals surface area (Å²) in [5, 5.41) is 12.5. The molecule has 184 valence electrons. The molecule has 0 aliphatic carbocycles. The van der Waals surface area contributed by atoms with Crippen molar-refractivity contribution in [3.05, 3.63) is 72.4 Å². The molecule has 3 aromatic heterocycles. The first-order valence-corrected chi connectivity index (χ1v) is 11.9. The summed E-state index contributed by atoms with van der Waals surface area (Å²) in [6.07, 6.45) is 6.42. The van der Waals surface area contributed by atoms with E-state index in [9.17, 15) is 14.7 Å². The number of fused-ring (bicyclic) bond motifs is 1. The van der Waals surface area contributed by atoms with Crippen molar-refractivity contribution in [1.82, 2.24) is 24.3 Å². The Balaban J connectivity index is 1.51. The highest BCUT2D eigenvalue weighted by Gasteiger charge is 2.37. The molecule has 2 unspecified atom stereocenters. The van der Waals surface area contributed by atoms with Gasteiger partial charge in [0.1, 0.15) is 28.7 Å². The van der Waals surface area contributed by atoms with Gasteiger partial charge in [0.25, 0.3) is 5.91 Å². The van der Waals surface area contributed by atoms with Crippen LogP contribution in [0.15, 0.2) is 61.1 Å². The molecule has 0 bridgehead atoms. The van der Waals surface area contributed by atoms with E-state index in [4.69, 9.17) is 10.7 Å². The molecule has 0 spiro atoms. The van der Waals surface area contributed by atoms with Crippen LogP contribution in [-0.4, -0.2) is 53.9 Å². The van der Waals surface area contributed by atoms with Crippen molar-refractivity contribution in [2.75, 3.05) is 17.6 Å². The van der Waals surface area contributed by atoms with E-state index >= 15 is 0 Å². The average molecular weight is 486 g/mol. The lowest BCUT2D eigenvalue weighted by Crippen LogP contribution is -2.47. The average Bonchev–Trinajstić information content (AvgIpc) is 3.29. The smallest absolute Gasteiger partial charge is 0.407 e. The van der Waals surface area contributed by atoms with Crippen LogP contribution in [0.5, 0.6) is 0 Å². The van der Waals surface area contributed by atoms with Gasteiger partial charge in [-0.3, -0.25) is 9.20 Å². The summed E-state index contributed by atoms with van der Waals surface area (Å²) < 4.78 is 1.93. The summed E-state index contributed by atoms with van der Waals surface area (Å²) in [6.45, 7) is 2.52. The normalized spacial score (nSPS) is 17.8. The van der Waals surface area contributed by atoms with Crippen LogP contribution in [0.25, 0.3) is 16.8 Å². The summed E-state index contributed by atoms with van der Waals surface area (Å²) in [4.78, 5) is 39.4. The highest BCUT2D eigenvalue weighted by atomic mass is 16.4. The summed E-state index contributed by atoms with van der Waals surface area (Å²) in [5.74, 6) is 1.24. The minimum Gasteiger partial charge on any atom is -0.465 e. The molecular formula is C26H27N7O3. The van der Waals surface area contributed by atoms with Gasteiger partial charge >= 0.3 is 6.09 Å². The molecule has 10 heteroatoms. The van der Waals surface area contributed by atoms with E-state index < -0.39 is 6.09 Å². The Morgan fingerprint density at radius 2 is 1.94 bits per heavy atom. The second-order valence-corrected chi connectivity index (χ2v) is 8.80. The van der Waals surface area contributed by atoms with Crippen molar-refractivity contribution in [3.63, 3.8) is 0 Å². The molecule has 1 saturated heterocycles. The van der Waals surface area contributed by atoms with Crippen molar-refractivity contribution in [3.8, 4) is 11.3 Å². The summed E-state index contributed by atoms with van der Waals surface area (Å²) >= 11 is 0. The number of carbonyl (C=O) groups is 2. The van der Waals surface area contributed by atoms with Gasteiger partial charge in [-0.1, -0.05) is 25.1 Å². The second-order valence-electron chi connectivity index (χ2n) is 8.80. The van der Waals surface area contributed by atoms with Crippen LogP contribution in [-0.2, 0) is 0 Å². The number of hydrogen-bond acceptors (Lipinski definition) is 6. The first kappa shape index (κ1) is 23.3. The maximum absolute atomic E-state index is 12.6. The second kappa shape index (κ2) is 9.65. The zero-order valence-electron chi connectivity index (χ0n) is 19.8. The number of carbonyl (C=O) groups excluding carboxylic acids is 1. The zero-order valence-corrected chi connectivity index (χ0v) is 19.8. The lowest BCUT2D eigenvalue weighted by molar-refractivity contribution is 0.0931. The topological polar surface area (TPSA) is 139 Å². The molecular weight excluding hydrogens is 458 g/mol. The fourth-order valence-corrected chi connectivity index (χ4v) is 5.06. The standard InChI is InChI=1S/C26H27N7O3/c1-2-19-18(6-5-14-32(19)26(35)36)24-31-21(22-23(27)29-13-15-33(22)24)16-8-10-17(11-9-16)25(34)30-20-7-3-4-12-28-20/h3-4,7-13,15,18-19H,2,5-6,14H2,1H3,(H2,27,29)(H,35,36)(H,28,30,34). The molecule has 0 radical (unpaired) electrons. The number of nitrogens with one attached hydrogen (secondary N) is 1. The number of rotatable bonds is 5. The minimum absolute atomic E-state index is 0.0775. The third-order valence-electron chi connectivity index (χ3n) is 6.71. The molecule has 10 nitrogen and oxygen atoms in total. The molecule has 1 aliphatic rings. The molecule has 36 heavy (non-hydrogen) atoms. The Kier molecular flexibility index (Phi) is 6.24. The first-order chi connectivity index (χ1) is 17.5. The predicted molar refractivity (Wildman–Crippen MR) is 136 cm³/mol. The van der Waals surface area contributed by atoms with Gasteiger partial charge in [0.05, 0.1) is 0 Å². The Morgan fingerprint density at radius 3 is 2.64 bits per heavy atom. The molecule has 1 fully saturated rings. The molecule has 1 aromatic carbocycles. The lowest BCUT2D eigenvalue weighted by Gasteiger charge is -2.38. The number of likely N-dealkylation sites (tertiary alicyclic amines) is 1. The molecule has 2 amide bonds. The van der Waals surface area contributed by atoms with Crippen molar-refractivity contribution in [1.29, 1.82) is 0 Å². The number of imidazole rings is 1. The van der Waals surface area contributed by atoms with E-state index in [1.54, 1.807) is 42.7 Å². The number of nitrogens with two attached hydrogens (primary N) is 1. The number of benzene rings is 1. The molecule has 1 aliphatic heterocycles. The number of carboxylic acid groups (broad SMARTS) is 1. The van der Waals surface area contributed by atoms with Gasteiger partial charge in [0.2, 0.25) is 0 Å². The fourth-order valence-electron chi connectivity index (χ4n) is 5.06. The molecule has 4 heterocycles. The van der Waals surface area contributed by atoms with E-state index in [1.165, 1.54) is 4.90 Å². The van der Waals surface area contributed by atoms with E-state index in [-0.39, 0.29) is 17.9 Å². The highest BCUT2D eigenvalue weighted by molar-refractivity contribution is 6.04. The van der Waals surface area contributed by atoms with Gasteiger partial charge in [-0.15, -0.1) is 0 Å². The van der Waals surface area contributed by atoms with Gasteiger partial charge in [0.15, 0.2) is 0 Å². The number of nitrogens with zero attached hydrogens (tertiary/aromatic N) is 5. The lowest BCUT2D eigenvalue weighted by atomic mass is 9.87. The number of aromatic nitrogens is 4. The van der Waals surface area contributed by atoms with Gasteiger partial charge in [-0.25, -0.2) is 19.7 Å². The monoisotopic (exact) mass is 485 g/mol. The SMILES string of the molecule is CCC1C(c2nc(-c3ccc(C(=O)Nc4ccccn4)cc3)c3c(N)nccn23)CCCN1C(=O)O. The van der Waals surface area contributed by atoms with E-state index in [0.29, 0.717) is 41.4 Å². The Hall–Kier alpha value is -4.47. The van der Waals surface area contributed by atoms with E-state index in [2.05, 4.69) is 15.3 Å². The van der Waals surface area contributed by atoms with Crippen molar-refractivity contribution in [2.24, 2.45) is 0 Å². The third kappa shape index (κ3) is 4.21. The Morgan fingerprint density at radius 1 is 1.14 bits per heavy atom. The predicted octanol–water partition coefficient (Wildman–Crippen LogP) is 4.26. The molecule has 2 atom stereocenters. The minimum atomic E-state index is -0.909.